The second-order valence-corrected chi connectivity index (χ2v) is 5.83. The van der Waals surface area contributed by atoms with Gasteiger partial charge in [0.05, 0.1) is 0 Å². The van der Waals surface area contributed by atoms with Gasteiger partial charge in [-0.25, -0.2) is 4.39 Å². The molecule has 2 aromatic rings. The van der Waals surface area contributed by atoms with Gasteiger partial charge in [0, 0.05) is 17.9 Å². The molecule has 1 saturated heterocycles. The first-order valence-electron chi connectivity index (χ1n) is 6.49. The van der Waals surface area contributed by atoms with Gasteiger partial charge in [-0.1, -0.05) is 30.3 Å². The van der Waals surface area contributed by atoms with Gasteiger partial charge in [-0.3, -0.25) is 4.79 Å². The van der Waals surface area contributed by atoms with E-state index in [-0.39, 0.29) is 17.1 Å². The van der Waals surface area contributed by atoms with Crippen LogP contribution in [0.2, 0.25) is 0 Å². The van der Waals surface area contributed by atoms with Crippen molar-refractivity contribution in [2.45, 2.75) is 5.37 Å². The molecule has 102 valence electrons. The maximum atomic E-state index is 13.0. The Morgan fingerprint density at radius 3 is 2.50 bits per heavy atom. The van der Waals surface area contributed by atoms with Crippen molar-refractivity contribution in [3.63, 3.8) is 0 Å². The Hall–Kier alpha value is -1.81. The highest BCUT2D eigenvalue weighted by molar-refractivity contribution is 7.99. The number of amides is 1. The molecule has 0 bridgehead atoms. The lowest BCUT2D eigenvalue weighted by Gasteiger charge is -2.24. The zero-order chi connectivity index (χ0) is 13.9. The highest BCUT2D eigenvalue weighted by Gasteiger charge is 2.31. The third kappa shape index (κ3) is 2.56. The molecule has 0 unspecified atom stereocenters. The molecule has 1 atom stereocenters. The van der Waals surface area contributed by atoms with E-state index in [1.54, 1.807) is 23.9 Å². The molecule has 1 aliphatic rings. The Morgan fingerprint density at radius 2 is 1.80 bits per heavy atom. The summed E-state index contributed by atoms with van der Waals surface area (Å²) in [5.74, 6) is 0.684. The summed E-state index contributed by atoms with van der Waals surface area (Å²) in [6, 6.07) is 15.7. The largest absolute Gasteiger partial charge is 0.322 e. The molecule has 0 aliphatic carbocycles. The Morgan fingerprint density at radius 1 is 1.10 bits per heavy atom. The van der Waals surface area contributed by atoms with E-state index in [0.717, 1.165) is 17.9 Å². The van der Waals surface area contributed by atoms with E-state index in [9.17, 15) is 9.18 Å². The number of carbonyl (C=O) groups is 1. The van der Waals surface area contributed by atoms with E-state index in [0.29, 0.717) is 5.56 Å². The zero-order valence-corrected chi connectivity index (χ0v) is 11.6. The SMILES string of the molecule is O=C(c1ccccc1)N1CCS[C@H]1c1ccc(F)cc1. The summed E-state index contributed by atoms with van der Waals surface area (Å²) in [7, 11) is 0. The monoisotopic (exact) mass is 287 g/mol. The van der Waals surface area contributed by atoms with Crippen LogP contribution in [0.1, 0.15) is 21.3 Å². The summed E-state index contributed by atoms with van der Waals surface area (Å²) in [6.45, 7) is 0.723. The topological polar surface area (TPSA) is 20.3 Å². The fraction of sp³-hybridized carbons (Fsp3) is 0.188. The molecule has 4 heteroatoms. The van der Waals surface area contributed by atoms with Gasteiger partial charge in [-0.15, -0.1) is 11.8 Å². The predicted octanol–water partition coefficient (Wildman–Crippen LogP) is 3.71. The van der Waals surface area contributed by atoms with E-state index in [2.05, 4.69) is 0 Å². The molecule has 0 N–H and O–H groups in total. The lowest BCUT2D eigenvalue weighted by Crippen LogP contribution is -2.30. The summed E-state index contributed by atoms with van der Waals surface area (Å²) < 4.78 is 13.0. The molecule has 0 spiro atoms. The fourth-order valence-electron chi connectivity index (χ4n) is 2.33. The average molecular weight is 287 g/mol. The maximum absolute atomic E-state index is 13.0. The number of hydrogen-bond donors (Lipinski definition) is 0. The van der Waals surface area contributed by atoms with Crippen molar-refractivity contribution in [2.24, 2.45) is 0 Å². The van der Waals surface area contributed by atoms with Gasteiger partial charge < -0.3 is 4.90 Å². The van der Waals surface area contributed by atoms with E-state index in [4.69, 9.17) is 0 Å². The maximum Gasteiger partial charge on any atom is 0.255 e. The number of carbonyl (C=O) groups excluding carboxylic acids is 1. The third-order valence-corrected chi connectivity index (χ3v) is 4.59. The lowest BCUT2D eigenvalue weighted by atomic mass is 10.1. The van der Waals surface area contributed by atoms with E-state index in [1.165, 1.54) is 12.1 Å². The summed E-state index contributed by atoms with van der Waals surface area (Å²) in [5, 5.41) is -0.0247. The highest BCUT2D eigenvalue weighted by Crippen LogP contribution is 2.38. The van der Waals surface area contributed by atoms with Crippen molar-refractivity contribution >= 4 is 17.7 Å². The van der Waals surface area contributed by atoms with Gasteiger partial charge in [0.1, 0.15) is 11.2 Å². The zero-order valence-electron chi connectivity index (χ0n) is 10.8. The molecule has 0 aromatic heterocycles. The van der Waals surface area contributed by atoms with Crippen LogP contribution in [-0.2, 0) is 0 Å². The average Bonchev–Trinajstić information content (AvgIpc) is 2.97. The Balaban J connectivity index is 1.86. The first-order valence-corrected chi connectivity index (χ1v) is 7.53. The molecule has 20 heavy (non-hydrogen) atoms. The molecule has 2 aromatic carbocycles. The van der Waals surface area contributed by atoms with Gasteiger partial charge in [0.2, 0.25) is 0 Å². The smallest absolute Gasteiger partial charge is 0.255 e. The summed E-state index contributed by atoms with van der Waals surface area (Å²) >= 11 is 1.72. The summed E-state index contributed by atoms with van der Waals surface area (Å²) in [5.41, 5.74) is 1.67. The van der Waals surface area contributed by atoms with Gasteiger partial charge in [-0.05, 0) is 29.8 Å². The van der Waals surface area contributed by atoms with E-state index >= 15 is 0 Å². The summed E-state index contributed by atoms with van der Waals surface area (Å²) in [4.78, 5) is 14.4. The number of rotatable bonds is 2. The fourth-order valence-corrected chi connectivity index (χ4v) is 3.58. The van der Waals surface area contributed by atoms with Crippen molar-refractivity contribution in [2.75, 3.05) is 12.3 Å². The van der Waals surface area contributed by atoms with Gasteiger partial charge in [0.25, 0.3) is 5.91 Å². The minimum absolute atomic E-state index is 0.0247. The molecule has 2 nitrogen and oxygen atoms in total. The second-order valence-electron chi connectivity index (χ2n) is 4.64. The van der Waals surface area contributed by atoms with Crippen LogP contribution < -0.4 is 0 Å². The van der Waals surface area contributed by atoms with Crippen LogP contribution in [0.5, 0.6) is 0 Å². The van der Waals surface area contributed by atoms with Crippen LogP contribution in [0.25, 0.3) is 0 Å². The van der Waals surface area contributed by atoms with Crippen molar-refractivity contribution in [1.82, 2.24) is 4.90 Å². The second kappa shape index (κ2) is 5.67. The van der Waals surface area contributed by atoms with Crippen molar-refractivity contribution in [3.8, 4) is 0 Å². The van der Waals surface area contributed by atoms with E-state index in [1.807, 2.05) is 35.2 Å². The van der Waals surface area contributed by atoms with Gasteiger partial charge in [-0.2, -0.15) is 0 Å². The minimum atomic E-state index is -0.252. The number of nitrogens with zero attached hydrogens (tertiary/aromatic N) is 1. The van der Waals surface area contributed by atoms with Crippen LogP contribution in [0.3, 0.4) is 0 Å². The molecule has 1 amide bonds. The molecular weight excluding hydrogens is 273 g/mol. The predicted molar refractivity (Wildman–Crippen MR) is 79.1 cm³/mol. The molecule has 1 fully saturated rings. The first kappa shape index (κ1) is 13.2. The first-order chi connectivity index (χ1) is 9.75. The van der Waals surface area contributed by atoms with Crippen LogP contribution in [0.15, 0.2) is 54.6 Å². The Labute approximate surface area is 121 Å². The third-order valence-electron chi connectivity index (χ3n) is 3.33. The van der Waals surface area contributed by atoms with E-state index < -0.39 is 0 Å². The number of halogens is 1. The van der Waals surface area contributed by atoms with Crippen LogP contribution in [0, 0.1) is 5.82 Å². The normalized spacial score (nSPS) is 18.2. The van der Waals surface area contributed by atoms with Gasteiger partial charge in [0.15, 0.2) is 0 Å². The highest BCUT2D eigenvalue weighted by atomic mass is 32.2. The molecule has 1 heterocycles. The van der Waals surface area contributed by atoms with Crippen molar-refractivity contribution in [3.05, 3.63) is 71.5 Å². The molecule has 3 rings (SSSR count). The number of benzene rings is 2. The van der Waals surface area contributed by atoms with Gasteiger partial charge >= 0.3 is 0 Å². The van der Waals surface area contributed by atoms with Crippen LogP contribution in [-0.4, -0.2) is 23.1 Å². The van der Waals surface area contributed by atoms with Crippen molar-refractivity contribution < 1.29 is 9.18 Å². The molecular formula is C16H14FNOS. The lowest BCUT2D eigenvalue weighted by molar-refractivity contribution is 0.0760. The quantitative estimate of drug-likeness (QED) is 0.839. The Bertz CT molecular complexity index is 600. The minimum Gasteiger partial charge on any atom is -0.322 e. The van der Waals surface area contributed by atoms with Crippen LogP contribution in [0.4, 0.5) is 4.39 Å². The number of hydrogen-bond acceptors (Lipinski definition) is 2. The molecule has 1 aliphatic heterocycles. The summed E-state index contributed by atoms with van der Waals surface area (Å²) in [6.07, 6.45) is 0. The molecule has 0 saturated carbocycles. The number of thioether (sulfide) groups is 1. The van der Waals surface area contributed by atoms with Crippen molar-refractivity contribution in [1.29, 1.82) is 0 Å². The van der Waals surface area contributed by atoms with Crippen LogP contribution >= 0.6 is 11.8 Å². The Kier molecular flexibility index (Phi) is 3.74. The standard InChI is InChI=1S/C16H14FNOS/c17-14-8-6-13(7-9-14)16-18(10-11-20-16)15(19)12-4-2-1-3-5-12/h1-9,16H,10-11H2/t16-/m0/s1. The molecule has 0 radical (unpaired) electrons.